The first kappa shape index (κ1) is 65.6. The lowest BCUT2D eigenvalue weighted by molar-refractivity contribution is 1.11. The highest BCUT2D eigenvalue weighted by molar-refractivity contribution is 7.26. The molecule has 0 aliphatic carbocycles. The Morgan fingerprint density at radius 2 is 0.588 bits per heavy atom. The van der Waals surface area contributed by atoms with Gasteiger partial charge in [0, 0.05) is 78.8 Å². The smallest absolute Gasteiger partial charge is 0.169 e. The zero-order chi connectivity index (χ0) is 75.2. The molecule has 114 heavy (non-hydrogen) atoms. The Labute approximate surface area is 664 Å². The van der Waals surface area contributed by atoms with Gasteiger partial charge in [-0.3, -0.25) is 8.80 Å². The van der Waals surface area contributed by atoms with Crippen molar-refractivity contribution in [3.8, 4) is 123 Å². The molecule has 0 saturated carbocycles. The van der Waals surface area contributed by atoms with E-state index in [1.165, 1.54) is 161 Å². The predicted molar refractivity (Wildman–Crippen MR) is 482 cm³/mol. The maximum absolute atomic E-state index is 4.91. The Balaban J connectivity index is 0.594. The fraction of sp³-hybridized carbons (Fsp3) is 0.0189. The fourth-order valence-electron chi connectivity index (χ4n) is 17.9. The van der Waals surface area contributed by atoms with E-state index in [4.69, 9.17) is 20.4 Å². The van der Waals surface area contributed by atoms with E-state index < -0.39 is 0 Å². The summed E-state index contributed by atoms with van der Waals surface area (Å²) in [6.07, 6.45) is 0. The SMILES string of the molecule is Cc1c(C)c2nnc(-c3ccc(-c4cc(-c5ccc(-c6ccccc6)cc5)cc5c4sc4ccc(-c6ccc(-c7cccc(-c8ccc(-c9cc(-c%10ccc(-c%11nnc%12c%13ccccc%13c%13ccccc%13n%11%12)cc%10)c%10sc%11ccc(-c%12cccc%13ccccc%12%13)cc%11c%10c9)c9ccccc89)c7)cc6)cc45)cc3)n2c2ccccc12. The molecule has 0 aliphatic heterocycles. The van der Waals surface area contributed by atoms with Gasteiger partial charge in [-0.25, -0.2) is 0 Å². The molecule has 0 N–H and O–H groups in total. The molecule has 0 bridgehead atoms. The zero-order valence-electron chi connectivity index (χ0n) is 62.1. The molecule has 23 aromatic rings. The van der Waals surface area contributed by atoms with E-state index in [-0.39, 0.29) is 0 Å². The van der Waals surface area contributed by atoms with Gasteiger partial charge in [-0.1, -0.05) is 297 Å². The van der Waals surface area contributed by atoms with Gasteiger partial charge >= 0.3 is 0 Å². The summed E-state index contributed by atoms with van der Waals surface area (Å²) in [4.78, 5) is 0. The standard InChI is InChI=1S/C106H66N6S2/c1-63-64(2)103-107-108-104(111(103)97-32-14-12-24-81(63)97)73-46-42-71(43-47-73)91-59-79(69-40-34-66(35-41-69)65-18-4-3-5-19-65)60-95-93-57-76(50-54-99(93)113-101(91)95)68-38-36-67(37-39-68)75-22-16-23-77(56-75)84-52-53-85(87-27-9-8-26-86(84)87)80-61-92(102-96(62-80)94-58-78(51-55-100(94)114-102)83-31-17-21-70-20-6-7-25-82(70)83)72-44-48-74(49-45-72)105-109-110-106-90-30-11-10-28-88(90)89-29-13-15-33-98(89)112(105)106/h3-62H,1-2H3. The van der Waals surface area contributed by atoms with Gasteiger partial charge in [-0.2, -0.15) is 0 Å². The van der Waals surface area contributed by atoms with Crippen LogP contribution in [0.2, 0.25) is 0 Å². The molecule has 0 fully saturated rings. The van der Waals surface area contributed by atoms with Gasteiger partial charge in [0.1, 0.15) is 0 Å². The monoisotopic (exact) mass is 1490 g/mol. The van der Waals surface area contributed by atoms with Crippen molar-refractivity contribution in [3.05, 3.63) is 375 Å². The van der Waals surface area contributed by atoms with Crippen LogP contribution in [0.1, 0.15) is 11.1 Å². The van der Waals surface area contributed by atoms with E-state index in [1.807, 2.05) is 22.7 Å². The molecular formula is C106H66N6S2. The van der Waals surface area contributed by atoms with Crippen molar-refractivity contribution in [2.24, 2.45) is 0 Å². The molecular weight excluding hydrogens is 1420 g/mol. The number of pyridine rings is 2. The molecule has 0 amide bonds. The number of rotatable bonds is 11. The van der Waals surface area contributed by atoms with Crippen molar-refractivity contribution in [2.75, 3.05) is 0 Å². The molecule has 6 nitrogen and oxygen atoms in total. The van der Waals surface area contributed by atoms with E-state index >= 15 is 0 Å². The maximum atomic E-state index is 4.91. The average molecular weight is 1490 g/mol. The minimum absolute atomic E-state index is 0.817. The molecule has 6 heterocycles. The number of fused-ring (bicyclic) bond motifs is 17. The molecule has 532 valence electrons. The molecule has 0 aliphatic rings. The summed E-state index contributed by atoms with van der Waals surface area (Å²) in [5, 5.41) is 33.8. The highest BCUT2D eigenvalue weighted by Crippen LogP contribution is 2.49. The number of hydrogen-bond acceptors (Lipinski definition) is 6. The van der Waals surface area contributed by atoms with Crippen molar-refractivity contribution < 1.29 is 0 Å². The second-order valence-electron chi connectivity index (χ2n) is 30.1. The highest BCUT2D eigenvalue weighted by atomic mass is 32.1. The van der Waals surface area contributed by atoms with Gasteiger partial charge in [0.15, 0.2) is 22.9 Å². The Bertz CT molecular complexity index is 7900. The normalized spacial score (nSPS) is 11.9. The van der Waals surface area contributed by atoms with Crippen LogP contribution in [0.25, 0.3) is 229 Å². The first-order chi connectivity index (χ1) is 56.3. The average Bonchev–Trinajstić information content (AvgIpc) is 1.51. The summed E-state index contributed by atoms with van der Waals surface area (Å²) in [5.41, 5.74) is 29.6. The summed E-state index contributed by atoms with van der Waals surface area (Å²) in [7, 11) is 0. The molecule has 8 heteroatoms. The lowest BCUT2D eigenvalue weighted by Gasteiger charge is -2.15. The maximum Gasteiger partial charge on any atom is 0.169 e. The van der Waals surface area contributed by atoms with Crippen LogP contribution in [0.4, 0.5) is 0 Å². The van der Waals surface area contributed by atoms with Gasteiger partial charge in [-0.05, 0) is 208 Å². The van der Waals surface area contributed by atoms with E-state index in [0.29, 0.717) is 0 Å². The molecule has 0 saturated heterocycles. The van der Waals surface area contributed by atoms with Crippen molar-refractivity contribution in [1.82, 2.24) is 29.2 Å². The molecule has 0 radical (unpaired) electrons. The van der Waals surface area contributed by atoms with Crippen molar-refractivity contribution in [3.63, 3.8) is 0 Å². The van der Waals surface area contributed by atoms with Crippen LogP contribution in [0, 0.1) is 13.8 Å². The van der Waals surface area contributed by atoms with E-state index in [2.05, 4.69) is 387 Å². The van der Waals surface area contributed by atoms with Gasteiger partial charge in [-0.15, -0.1) is 43.1 Å². The topological polar surface area (TPSA) is 60.4 Å². The lowest BCUT2D eigenvalue weighted by Crippen LogP contribution is -1.97. The van der Waals surface area contributed by atoms with E-state index in [9.17, 15) is 0 Å². The second kappa shape index (κ2) is 26.2. The Hall–Kier alpha value is -14.3. The molecule has 23 rings (SSSR count). The minimum atomic E-state index is 0.817. The van der Waals surface area contributed by atoms with E-state index in [0.717, 1.165) is 78.3 Å². The van der Waals surface area contributed by atoms with Gasteiger partial charge in [0.25, 0.3) is 0 Å². The summed E-state index contributed by atoms with van der Waals surface area (Å²) in [5.74, 6) is 1.65. The highest BCUT2D eigenvalue weighted by Gasteiger charge is 2.23. The number of nitrogens with zero attached hydrogens (tertiary/aromatic N) is 6. The fourth-order valence-corrected chi connectivity index (χ4v) is 20.3. The minimum Gasteiger partial charge on any atom is -0.275 e. The van der Waals surface area contributed by atoms with Crippen LogP contribution < -0.4 is 0 Å². The number of aromatic nitrogens is 6. The van der Waals surface area contributed by atoms with E-state index in [1.54, 1.807) is 0 Å². The zero-order valence-corrected chi connectivity index (χ0v) is 63.8. The van der Waals surface area contributed by atoms with Crippen LogP contribution in [0.15, 0.2) is 364 Å². The number of benzene rings is 17. The molecule has 0 unspecified atom stereocenters. The van der Waals surface area contributed by atoms with Crippen molar-refractivity contribution >= 4 is 128 Å². The Kier molecular flexibility index (Phi) is 15.1. The van der Waals surface area contributed by atoms with Crippen LogP contribution in [-0.4, -0.2) is 29.2 Å². The molecule has 6 aromatic heterocycles. The summed E-state index contributed by atoms with van der Waals surface area (Å²) in [6.45, 7) is 4.33. The predicted octanol–water partition coefficient (Wildman–Crippen LogP) is 29.2. The van der Waals surface area contributed by atoms with Crippen LogP contribution >= 0.6 is 22.7 Å². The summed E-state index contributed by atoms with van der Waals surface area (Å²) < 4.78 is 9.47. The van der Waals surface area contributed by atoms with Crippen LogP contribution in [-0.2, 0) is 0 Å². The quantitative estimate of drug-likeness (QED) is 0.121. The third kappa shape index (κ3) is 10.6. The third-order valence-electron chi connectivity index (χ3n) is 23.8. The largest absolute Gasteiger partial charge is 0.275 e. The first-order valence-corrected chi connectivity index (χ1v) is 40.4. The third-order valence-corrected chi connectivity index (χ3v) is 26.3. The Morgan fingerprint density at radius 3 is 1.24 bits per heavy atom. The van der Waals surface area contributed by atoms with Crippen molar-refractivity contribution in [2.45, 2.75) is 13.8 Å². The van der Waals surface area contributed by atoms with Crippen LogP contribution in [0.3, 0.4) is 0 Å². The number of para-hydroxylation sites is 2. The van der Waals surface area contributed by atoms with Gasteiger partial charge < -0.3 is 0 Å². The first-order valence-electron chi connectivity index (χ1n) is 38.8. The number of thiophene rings is 2. The molecule has 17 aromatic carbocycles. The van der Waals surface area contributed by atoms with Crippen LogP contribution in [0.5, 0.6) is 0 Å². The second-order valence-corrected chi connectivity index (χ2v) is 32.2. The lowest BCUT2D eigenvalue weighted by atomic mass is 9.89. The number of hydrogen-bond donors (Lipinski definition) is 0. The van der Waals surface area contributed by atoms with Gasteiger partial charge in [0.2, 0.25) is 0 Å². The summed E-state index contributed by atoms with van der Waals surface area (Å²) in [6, 6.07) is 134. The molecule has 0 spiro atoms. The Morgan fingerprint density at radius 1 is 0.202 bits per heavy atom. The van der Waals surface area contributed by atoms with Gasteiger partial charge in [0.05, 0.1) is 11.0 Å². The van der Waals surface area contributed by atoms with Crippen molar-refractivity contribution in [1.29, 1.82) is 0 Å². The number of aryl methyl sites for hydroxylation is 2. The molecule has 0 atom stereocenters. The summed E-state index contributed by atoms with van der Waals surface area (Å²) >= 11 is 3.74.